The molecule has 4 nitrogen and oxygen atoms in total. The molecule has 1 heterocycles. The Kier molecular flexibility index (Phi) is 6.83. The van der Waals surface area contributed by atoms with Gasteiger partial charge in [0.25, 0.3) is 0 Å². The van der Waals surface area contributed by atoms with Gasteiger partial charge >= 0.3 is 0 Å². The van der Waals surface area contributed by atoms with Crippen molar-refractivity contribution < 1.29 is 4.74 Å². The average Bonchev–Trinajstić information content (AvgIpc) is 3.20. The summed E-state index contributed by atoms with van der Waals surface area (Å²) in [5.41, 5.74) is 3.65. The molecule has 3 aromatic carbocycles. The zero-order valence-electron chi connectivity index (χ0n) is 17.1. The second-order valence-electron chi connectivity index (χ2n) is 7.03. The summed E-state index contributed by atoms with van der Waals surface area (Å²) in [6.45, 7) is 0. The van der Waals surface area contributed by atoms with Crippen LogP contribution in [0.3, 0.4) is 0 Å². The lowest BCUT2D eigenvalue weighted by atomic mass is 10.1. The second-order valence-corrected chi connectivity index (χ2v) is 8.09. The summed E-state index contributed by atoms with van der Waals surface area (Å²) in [7, 11) is 1.68. The molecule has 0 N–H and O–H groups in total. The molecule has 152 valence electrons. The topological polar surface area (TPSA) is 39.9 Å². The Morgan fingerprint density at radius 2 is 1.47 bits per heavy atom. The van der Waals surface area contributed by atoms with Crippen LogP contribution in [0.2, 0.25) is 0 Å². The minimum Gasteiger partial charge on any atom is -0.497 e. The second kappa shape index (κ2) is 10.1. The van der Waals surface area contributed by atoms with Crippen molar-refractivity contribution in [3.63, 3.8) is 0 Å². The molecule has 1 aromatic heterocycles. The Bertz CT molecular complexity index is 1050. The van der Waals surface area contributed by atoms with Crippen molar-refractivity contribution in [2.45, 2.75) is 24.4 Å². The summed E-state index contributed by atoms with van der Waals surface area (Å²) >= 11 is 1.76. The molecule has 0 aliphatic rings. The summed E-state index contributed by atoms with van der Waals surface area (Å²) in [6.07, 6.45) is 2.91. The first-order chi connectivity index (χ1) is 14.8. The third-order valence-corrected chi connectivity index (χ3v) is 5.94. The van der Waals surface area contributed by atoms with Gasteiger partial charge in [0.15, 0.2) is 5.16 Å². The molecule has 5 heteroatoms. The fraction of sp³-hybridized carbons (Fsp3) is 0.200. The van der Waals surface area contributed by atoms with E-state index in [9.17, 15) is 0 Å². The molecule has 0 unspecified atom stereocenters. The van der Waals surface area contributed by atoms with Gasteiger partial charge in [-0.3, -0.25) is 4.57 Å². The van der Waals surface area contributed by atoms with E-state index in [-0.39, 0.29) is 0 Å². The van der Waals surface area contributed by atoms with Crippen molar-refractivity contribution in [3.05, 3.63) is 102 Å². The fourth-order valence-electron chi connectivity index (χ4n) is 3.36. The highest BCUT2D eigenvalue weighted by molar-refractivity contribution is 7.99. The van der Waals surface area contributed by atoms with Crippen LogP contribution in [-0.4, -0.2) is 27.6 Å². The van der Waals surface area contributed by atoms with Gasteiger partial charge in [-0.05, 0) is 48.2 Å². The lowest BCUT2D eigenvalue weighted by molar-refractivity contribution is 0.414. The summed E-state index contributed by atoms with van der Waals surface area (Å²) < 4.78 is 7.48. The highest BCUT2D eigenvalue weighted by Gasteiger charge is 2.15. The molecule has 0 saturated heterocycles. The summed E-state index contributed by atoms with van der Waals surface area (Å²) in [4.78, 5) is 0. The highest BCUT2D eigenvalue weighted by Crippen LogP contribution is 2.25. The van der Waals surface area contributed by atoms with Crippen LogP contribution >= 0.6 is 11.8 Å². The van der Waals surface area contributed by atoms with Crippen molar-refractivity contribution in [2.75, 3.05) is 12.9 Å². The molecule has 0 aliphatic heterocycles. The van der Waals surface area contributed by atoms with Gasteiger partial charge in [0.05, 0.1) is 7.11 Å². The number of nitrogens with zero attached hydrogens (tertiary/aromatic N) is 3. The fourth-order valence-corrected chi connectivity index (χ4v) is 4.27. The standard InChI is InChI=1S/C25H25N3OS/c1-29-23-16-14-22(15-17-23)28-24(19-21-11-6-3-7-12-21)26-27-25(28)30-18-8-13-20-9-4-2-5-10-20/h2-7,9-12,14-17H,8,13,18-19H2,1H3. The molecule has 0 atom stereocenters. The van der Waals surface area contributed by atoms with Gasteiger partial charge in [-0.15, -0.1) is 10.2 Å². The van der Waals surface area contributed by atoms with Gasteiger partial charge in [0.1, 0.15) is 11.6 Å². The maximum absolute atomic E-state index is 5.32. The number of hydrogen-bond donors (Lipinski definition) is 0. The first-order valence-corrected chi connectivity index (χ1v) is 11.1. The third-order valence-electron chi connectivity index (χ3n) is 4.92. The number of aromatic nitrogens is 3. The molecule has 4 rings (SSSR count). The normalized spacial score (nSPS) is 10.8. The lowest BCUT2D eigenvalue weighted by Crippen LogP contribution is -2.04. The summed E-state index contributed by atoms with van der Waals surface area (Å²) in [5.74, 6) is 2.78. The number of ether oxygens (including phenoxy) is 1. The van der Waals surface area contributed by atoms with Gasteiger partial charge in [-0.1, -0.05) is 72.4 Å². The van der Waals surface area contributed by atoms with Crippen molar-refractivity contribution in [1.29, 1.82) is 0 Å². The van der Waals surface area contributed by atoms with Gasteiger partial charge < -0.3 is 4.74 Å². The molecule has 0 spiro atoms. The summed E-state index contributed by atoms with van der Waals surface area (Å²) in [5, 5.41) is 9.98. The molecule has 0 fully saturated rings. The number of methoxy groups -OCH3 is 1. The molecule has 0 radical (unpaired) electrons. The Morgan fingerprint density at radius 1 is 0.800 bits per heavy atom. The Balaban J connectivity index is 1.52. The van der Waals surface area contributed by atoms with Crippen LogP contribution in [0.4, 0.5) is 0 Å². The van der Waals surface area contributed by atoms with Crippen LogP contribution in [0, 0.1) is 0 Å². The smallest absolute Gasteiger partial charge is 0.195 e. The van der Waals surface area contributed by atoms with E-state index in [0.717, 1.165) is 47.4 Å². The number of benzene rings is 3. The first-order valence-electron chi connectivity index (χ1n) is 10.1. The van der Waals surface area contributed by atoms with E-state index in [1.807, 2.05) is 18.2 Å². The minimum absolute atomic E-state index is 0.741. The molecule has 30 heavy (non-hydrogen) atoms. The van der Waals surface area contributed by atoms with Crippen LogP contribution in [0.25, 0.3) is 5.69 Å². The molecule has 0 bridgehead atoms. The quantitative estimate of drug-likeness (QED) is 0.264. The van der Waals surface area contributed by atoms with E-state index in [2.05, 4.69) is 81.5 Å². The van der Waals surface area contributed by atoms with E-state index >= 15 is 0 Å². The predicted molar refractivity (Wildman–Crippen MR) is 123 cm³/mol. The number of rotatable bonds is 9. The summed E-state index contributed by atoms with van der Waals surface area (Å²) in [6, 6.07) is 29.1. The maximum atomic E-state index is 5.32. The van der Waals surface area contributed by atoms with E-state index in [1.54, 1.807) is 18.9 Å². The van der Waals surface area contributed by atoms with Crippen LogP contribution in [0.1, 0.15) is 23.4 Å². The van der Waals surface area contributed by atoms with Gasteiger partial charge in [0.2, 0.25) is 0 Å². The molecular weight excluding hydrogens is 390 g/mol. The van der Waals surface area contributed by atoms with Crippen molar-refractivity contribution >= 4 is 11.8 Å². The molecular formula is C25H25N3OS. The van der Waals surface area contributed by atoms with Gasteiger partial charge in [0, 0.05) is 17.9 Å². The number of aryl methyl sites for hydroxylation is 1. The minimum atomic E-state index is 0.741. The Labute approximate surface area is 181 Å². The Hall–Kier alpha value is -3.05. The third kappa shape index (κ3) is 5.10. The van der Waals surface area contributed by atoms with Crippen LogP contribution < -0.4 is 4.74 Å². The number of hydrogen-bond acceptors (Lipinski definition) is 4. The van der Waals surface area contributed by atoms with E-state index in [0.29, 0.717) is 0 Å². The van der Waals surface area contributed by atoms with Crippen LogP contribution in [0.15, 0.2) is 90.1 Å². The SMILES string of the molecule is COc1ccc(-n2c(Cc3ccccc3)nnc2SCCCc2ccccc2)cc1. The van der Waals surface area contributed by atoms with Gasteiger partial charge in [-0.2, -0.15) is 0 Å². The molecule has 0 saturated carbocycles. The zero-order chi connectivity index (χ0) is 20.6. The van der Waals surface area contributed by atoms with Crippen molar-refractivity contribution in [3.8, 4) is 11.4 Å². The number of thioether (sulfide) groups is 1. The van der Waals surface area contributed by atoms with E-state index < -0.39 is 0 Å². The first kappa shape index (κ1) is 20.2. The van der Waals surface area contributed by atoms with E-state index in [1.165, 1.54) is 11.1 Å². The van der Waals surface area contributed by atoms with E-state index in [4.69, 9.17) is 4.74 Å². The largest absolute Gasteiger partial charge is 0.497 e. The van der Waals surface area contributed by atoms with Crippen LogP contribution in [-0.2, 0) is 12.8 Å². The Morgan fingerprint density at radius 3 is 2.13 bits per heavy atom. The maximum Gasteiger partial charge on any atom is 0.195 e. The van der Waals surface area contributed by atoms with Crippen molar-refractivity contribution in [2.24, 2.45) is 0 Å². The van der Waals surface area contributed by atoms with Crippen LogP contribution in [0.5, 0.6) is 5.75 Å². The molecule has 0 amide bonds. The van der Waals surface area contributed by atoms with Crippen molar-refractivity contribution in [1.82, 2.24) is 14.8 Å². The highest BCUT2D eigenvalue weighted by atomic mass is 32.2. The zero-order valence-corrected chi connectivity index (χ0v) is 17.9. The predicted octanol–water partition coefficient (Wildman–Crippen LogP) is 5.59. The molecule has 4 aromatic rings. The monoisotopic (exact) mass is 415 g/mol. The molecule has 0 aliphatic carbocycles. The average molecular weight is 416 g/mol. The lowest BCUT2D eigenvalue weighted by Gasteiger charge is -2.11. The van der Waals surface area contributed by atoms with Gasteiger partial charge in [-0.25, -0.2) is 0 Å².